The number of hydrogen-bond donors (Lipinski definition) is 0. The molecule has 0 amide bonds. The van der Waals surface area contributed by atoms with Crippen molar-refractivity contribution in [2.45, 2.75) is 31.6 Å². The molecule has 0 radical (unpaired) electrons. The smallest absolute Gasteiger partial charge is 0.167 e. The molecule has 0 bridgehead atoms. The number of carbonyl (C=O) groups excluding carboxylic acids is 1. The summed E-state index contributed by atoms with van der Waals surface area (Å²) >= 11 is 6.12. The second-order valence-corrected chi connectivity index (χ2v) is 5.85. The summed E-state index contributed by atoms with van der Waals surface area (Å²) < 4.78 is 0. The van der Waals surface area contributed by atoms with E-state index in [4.69, 9.17) is 11.6 Å². The van der Waals surface area contributed by atoms with Crippen LogP contribution in [0, 0.1) is 0 Å². The van der Waals surface area contributed by atoms with Gasteiger partial charge in [-0.3, -0.25) is 4.79 Å². The summed E-state index contributed by atoms with van der Waals surface area (Å²) in [5, 5.41) is 0.663. The Balaban J connectivity index is 1.78. The van der Waals surface area contributed by atoms with Gasteiger partial charge < -0.3 is 0 Å². The third kappa shape index (κ3) is 2.78. The van der Waals surface area contributed by atoms with Crippen LogP contribution < -0.4 is 0 Å². The number of ketones is 1. The molecular weight excluding hydrogens is 268 g/mol. The number of hydrogen-bond acceptors (Lipinski definition) is 1. The molecule has 0 heterocycles. The van der Waals surface area contributed by atoms with Crippen LogP contribution in [-0.2, 0) is 6.42 Å². The van der Waals surface area contributed by atoms with Gasteiger partial charge in [-0.05, 0) is 42.0 Å². The molecule has 0 aliphatic heterocycles. The van der Waals surface area contributed by atoms with Crippen molar-refractivity contribution < 1.29 is 4.79 Å². The fraction of sp³-hybridized carbons (Fsp3) is 0.278. The van der Waals surface area contributed by atoms with Gasteiger partial charge in [-0.2, -0.15) is 0 Å². The van der Waals surface area contributed by atoms with Gasteiger partial charge in [-0.25, -0.2) is 0 Å². The van der Waals surface area contributed by atoms with Crippen molar-refractivity contribution in [3.63, 3.8) is 0 Å². The quantitative estimate of drug-likeness (QED) is 0.720. The predicted molar refractivity (Wildman–Crippen MR) is 82.5 cm³/mol. The Morgan fingerprint density at radius 3 is 2.60 bits per heavy atom. The highest BCUT2D eigenvalue weighted by atomic mass is 35.5. The molecule has 20 heavy (non-hydrogen) atoms. The SMILES string of the molecule is O=C(Cc1ccccc1Cl)c1cccc(C2CCC2)c1. The van der Waals surface area contributed by atoms with Gasteiger partial charge in [-0.1, -0.05) is 54.4 Å². The lowest BCUT2D eigenvalue weighted by atomic mass is 9.79. The monoisotopic (exact) mass is 284 g/mol. The lowest BCUT2D eigenvalue weighted by molar-refractivity contribution is 0.0993. The standard InChI is InChI=1S/C18H17ClO/c19-17-10-2-1-5-15(17)12-18(20)16-9-4-8-14(11-16)13-6-3-7-13/h1-2,4-5,8-11,13H,3,6-7,12H2. The zero-order valence-corrected chi connectivity index (χ0v) is 12.1. The second-order valence-electron chi connectivity index (χ2n) is 5.44. The molecule has 3 rings (SSSR count). The fourth-order valence-electron chi connectivity index (χ4n) is 2.62. The van der Waals surface area contributed by atoms with E-state index in [9.17, 15) is 4.79 Å². The van der Waals surface area contributed by atoms with Gasteiger partial charge in [0.2, 0.25) is 0 Å². The average molecular weight is 285 g/mol. The van der Waals surface area contributed by atoms with E-state index in [1.165, 1.54) is 24.8 Å². The zero-order valence-electron chi connectivity index (χ0n) is 11.3. The first kappa shape index (κ1) is 13.4. The first-order valence-electron chi connectivity index (χ1n) is 7.10. The fourth-order valence-corrected chi connectivity index (χ4v) is 2.83. The molecule has 2 aromatic carbocycles. The molecule has 102 valence electrons. The molecule has 2 aromatic rings. The van der Waals surface area contributed by atoms with Crippen molar-refractivity contribution >= 4 is 17.4 Å². The van der Waals surface area contributed by atoms with Crippen molar-refractivity contribution in [1.29, 1.82) is 0 Å². The van der Waals surface area contributed by atoms with Crippen LogP contribution in [0.2, 0.25) is 5.02 Å². The van der Waals surface area contributed by atoms with Crippen LogP contribution in [0.1, 0.15) is 46.7 Å². The molecule has 1 aliphatic carbocycles. The Hall–Kier alpha value is -1.60. The number of benzene rings is 2. The minimum atomic E-state index is 0.138. The lowest BCUT2D eigenvalue weighted by Gasteiger charge is -2.26. The molecule has 1 aliphatic rings. The van der Waals surface area contributed by atoms with E-state index < -0.39 is 0 Å². The van der Waals surface area contributed by atoms with Crippen molar-refractivity contribution in [3.05, 3.63) is 70.2 Å². The second kappa shape index (κ2) is 5.80. The summed E-state index contributed by atoms with van der Waals surface area (Å²) in [5.74, 6) is 0.794. The first-order valence-corrected chi connectivity index (χ1v) is 7.48. The topological polar surface area (TPSA) is 17.1 Å². The Kier molecular flexibility index (Phi) is 3.88. The van der Waals surface area contributed by atoms with Gasteiger partial charge in [0.15, 0.2) is 5.78 Å². The van der Waals surface area contributed by atoms with Crippen molar-refractivity contribution in [1.82, 2.24) is 0 Å². The predicted octanol–water partition coefficient (Wildman–Crippen LogP) is 5.03. The van der Waals surface area contributed by atoms with Gasteiger partial charge >= 0.3 is 0 Å². The Bertz CT molecular complexity index is 629. The average Bonchev–Trinajstić information content (AvgIpc) is 2.40. The lowest BCUT2D eigenvalue weighted by Crippen LogP contribution is -2.10. The molecule has 1 fully saturated rings. The Morgan fingerprint density at radius 2 is 1.90 bits per heavy atom. The maximum atomic E-state index is 12.4. The molecule has 0 N–H and O–H groups in total. The number of rotatable bonds is 4. The summed E-state index contributed by atoms with van der Waals surface area (Å²) in [7, 11) is 0. The highest BCUT2D eigenvalue weighted by molar-refractivity contribution is 6.31. The normalized spacial score (nSPS) is 14.8. The first-order chi connectivity index (χ1) is 9.74. The molecular formula is C18H17ClO. The summed E-state index contributed by atoms with van der Waals surface area (Å²) in [4.78, 5) is 12.4. The summed E-state index contributed by atoms with van der Waals surface area (Å²) in [6.45, 7) is 0. The van der Waals surface area contributed by atoms with E-state index in [0.717, 1.165) is 11.1 Å². The van der Waals surface area contributed by atoms with E-state index in [1.807, 2.05) is 36.4 Å². The molecule has 2 heteroatoms. The molecule has 0 spiro atoms. The molecule has 1 nitrogen and oxygen atoms in total. The van der Waals surface area contributed by atoms with Gasteiger partial charge in [0.05, 0.1) is 0 Å². The van der Waals surface area contributed by atoms with Crippen LogP contribution in [0.25, 0.3) is 0 Å². The van der Waals surface area contributed by atoms with E-state index in [-0.39, 0.29) is 5.78 Å². The van der Waals surface area contributed by atoms with Crippen LogP contribution in [0.3, 0.4) is 0 Å². The van der Waals surface area contributed by atoms with Crippen LogP contribution >= 0.6 is 11.6 Å². The largest absolute Gasteiger partial charge is 0.294 e. The third-order valence-corrected chi connectivity index (χ3v) is 4.46. The van der Waals surface area contributed by atoms with Crippen molar-refractivity contribution in [2.24, 2.45) is 0 Å². The highest BCUT2D eigenvalue weighted by Crippen LogP contribution is 2.36. The maximum absolute atomic E-state index is 12.4. The van der Waals surface area contributed by atoms with E-state index in [0.29, 0.717) is 17.4 Å². The van der Waals surface area contributed by atoms with Crippen LogP contribution in [-0.4, -0.2) is 5.78 Å². The summed E-state index contributed by atoms with van der Waals surface area (Å²) in [6, 6.07) is 15.6. The Morgan fingerprint density at radius 1 is 1.10 bits per heavy atom. The highest BCUT2D eigenvalue weighted by Gasteiger charge is 2.20. The number of Topliss-reactive ketones (excluding diaryl/α,β-unsaturated/α-hetero) is 1. The summed E-state index contributed by atoms with van der Waals surface area (Å²) in [5.41, 5.74) is 3.00. The van der Waals surface area contributed by atoms with Crippen molar-refractivity contribution in [2.75, 3.05) is 0 Å². The third-order valence-electron chi connectivity index (χ3n) is 4.09. The molecule has 0 unspecified atom stereocenters. The van der Waals surface area contributed by atoms with Crippen LogP contribution in [0.15, 0.2) is 48.5 Å². The minimum Gasteiger partial charge on any atom is -0.294 e. The van der Waals surface area contributed by atoms with Crippen LogP contribution in [0.4, 0.5) is 0 Å². The number of carbonyl (C=O) groups is 1. The van der Waals surface area contributed by atoms with Gasteiger partial charge in [0, 0.05) is 17.0 Å². The van der Waals surface area contributed by atoms with E-state index in [1.54, 1.807) is 0 Å². The van der Waals surface area contributed by atoms with Gasteiger partial charge in [0.1, 0.15) is 0 Å². The molecule has 1 saturated carbocycles. The van der Waals surface area contributed by atoms with Crippen molar-refractivity contribution in [3.8, 4) is 0 Å². The Labute approximate surface area is 124 Å². The molecule has 0 saturated heterocycles. The van der Waals surface area contributed by atoms with Gasteiger partial charge in [0.25, 0.3) is 0 Å². The maximum Gasteiger partial charge on any atom is 0.167 e. The number of halogens is 1. The summed E-state index contributed by atoms with van der Waals surface area (Å²) in [6.07, 6.45) is 4.18. The molecule has 0 aromatic heterocycles. The van der Waals surface area contributed by atoms with E-state index >= 15 is 0 Å². The molecule has 0 atom stereocenters. The minimum absolute atomic E-state index is 0.138. The van der Waals surface area contributed by atoms with Crippen LogP contribution in [0.5, 0.6) is 0 Å². The van der Waals surface area contributed by atoms with E-state index in [2.05, 4.69) is 12.1 Å². The van der Waals surface area contributed by atoms with Gasteiger partial charge in [-0.15, -0.1) is 0 Å². The zero-order chi connectivity index (χ0) is 13.9.